The monoisotopic (exact) mass is 348 g/mol. The SMILES string of the molecule is O=C(Nc1ccc2nc[nH]c2c1)[C@@H](c1ccccc1)N1CCCCC1=O. The number of fused-ring (bicyclic) bond motifs is 1. The fraction of sp³-hybridized carbons (Fsp3) is 0.250. The van der Waals surface area contributed by atoms with Gasteiger partial charge in [0.2, 0.25) is 5.91 Å². The zero-order chi connectivity index (χ0) is 17.9. The first-order valence-corrected chi connectivity index (χ1v) is 8.81. The maximum atomic E-state index is 13.1. The van der Waals surface area contributed by atoms with Gasteiger partial charge in [-0.25, -0.2) is 4.98 Å². The summed E-state index contributed by atoms with van der Waals surface area (Å²) in [4.78, 5) is 34.5. The van der Waals surface area contributed by atoms with Crippen molar-refractivity contribution in [2.75, 3.05) is 11.9 Å². The van der Waals surface area contributed by atoms with Crippen molar-refractivity contribution in [1.29, 1.82) is 0 Å². The summed E-state index contributed by atoms with van der Waals surface area (Å²) in [7, 11) is 0. The van der Waals surface area contributed by atoms with Gasteiger partial charge in [0.25, 0.3) is 5.91 Å². The largest absolute Gasteiger partial charge is 0.345 e. The quantitative estimate of drug-likeness (QED) is 0.760. The minimum absolute atomic E-state index is 0.0317. The van der Waals surface area contributed by atoms with E-state index < -0.39 is 6.04 Å². The Morgan fingerprint density at radius 3 is 2.81 bits per heavy atom. The molecule has 1 saturated heterocycles. The van der Waals surface area contributed by atoms with Crippen molar-refractivity contribution in [3.63, 3.8) is 0 Å². The second-order valence-corrected chi connectivity index (χ2v) is 6.48. The Bertz CT molecular complexity index is 935. The highest BCUT2D eigenvalue weighted by Gasteiger charge is 2.32. The fourth-order valence-corrected chi connectivity index (χ4v) is 3.43. The highest BCUT2D eigenvalue weighted by atomic mass is 16.2. The molecule has 1 aromatic heterocycles. The van der Waals surface area contributed by atoms with Crippen LogP contribution in [0.3, 0.4) is 0 Å². The Hall–Kier alpha value is -3.15. The third-order valence-electron chi connectivity index (χ3n) is 4.72. The molecule has 6 nitrogen and oxygen atoms in total. The van der Waals surface area contributed by atoms with E-state index in [1.807, 2.05) is 48.5 Å². The van der Waals surface area contributed by atoms with Crippen LogP contribution in [0.1, 0.15) is 30.9 Å². The average Bonchev–Trinajstić information content (AvgIpc) is 3.12. The van der Waals surface area contributed by atoms with Crippen LogP contribution in [0.15, 0.2) is 54.9 Å². The van der Waals surface area contributed by atoms with Gasteiger partial charge in [-0.15, -0.1) is 0 Å². The number of carbonyl (C=O) groups is 2. The highest BCUT2D eigenvalue weighted by Crippen LogP contribution is 2.27. The van der Waals surface area contributed by atoms with Crippen LogP contribution >= 0.6 is 0 Å². The Labute approximate surface area is 151 Å². The molecule has 2 heterocycles. The van der Waals surface area contributed by atoms with E-state index in [9.17, 15) is 9.59 Å². The van der Waals surface area contributed by atoms with Gasteiger partial charge in [0, 0.05) is 18.7 Å². The third-order valence-corrected chi connectivity index (χ3v) is 4.72. The molecule has 0 unspecified atom stereocenters. The number of carbonyl (C=O) groups excluding carboxylic acids is 2. The van der Waals surface area contributed by atoms with Crippen LogP contribution in [0.25, 0.3) is 11.0 Å². The van der Waals surface area contributed by atoms with Crippen molar-refractivity contribution in [2.24, 2.45) is 0 Å². The standard InChI is InChI=1S/C20H20N4O2/c25-18-8-4-5-11-24(18)19(14-6-2-1-3-7-14)20(26)23-15-9-10-16-17(12-15)22-13-21-16/h1-3,6-7,9-10,12-13,19H,4-5,8,11H2,(H,21,22)(H,23,26)/t19-/m1/s1. The van der Waals surface area contributed by atoms with Gasteiger partial charge in [0.1, 0.15) is 6.04 Å². The summed E-state index contributed by atoms with van der Waals surface area (Å²) >= 11 is 0. The van der Waals surface area contributed by atoms with Crippen LogP contribution < -0.4 is 5.32 Å². The molecular formula is C20H20N4O2. The number of H-pyrrole nitrogens is 1. The van der Waals surface area contributed by atoms with Gasteiger partial charge >= 0.3 is 0 Å². The topological polar surface area (TPSA) is 78.1 Å². The molecule has 0 spiro atoms. The van der Waals surface area contributed by atoms with Gasteiger partial charge in [-0.05, 0) is 36.6 Å². The molecule has 0 radical (unpaired) electrons. The van der Waals surface area contributed by atoms with Crippen LogP contribution in [0.5, 0.6) is 0 Å². The number of amides is 2. The Morgan fingerprint density at radius 1 is 1.15 bits per heavy atom. The molecule has 1 atom stereocenters. The number of rotatable bonds is 4. The number of hydrogen-bond acceptors (Lipinski definition) is 3. The smallest absolute Gasteiger partial charge is 0.251 e. The van der Waals surface area contributed by atoms with Crippen LogP contribution in [-0.2, 0) is 9.59 Å². The lowest BCUT2D eigenvalue weighted by Gasteiger charge is -2.34. The number of nitrogens with one attached hydrogen (secondary N) is 2. The predicted molar refractivity (Wildman–Crippen MR) is 99.5 cm³/mol. The van der Waals surface area contributed by atoms with Crippen LogP contribution in [0.4, 0.5) is 5.69 Å². The molecule has 132 valence electrons. The number of likely N-dealkylation sites (tertiary alicyclic amines) is 1. The molecule has 4 rings (SSSR count). The van der Waals surface area contributed by atoms with Gasteiger partial charge in [-0.2, -0.15) is 0 Å². The van der Waals surface area contributed by atoms with Crippen molar-refractivity contribution in [2.45, 2.75) is 25.3 Å². The Morgan fingerprint density at radius 2 is 2.00 bits per heavy atom. The van der Waals surface area contributed by atoms with E-state index in [-0.39, 0.29) is 11.8 Å². The lowest BCUT2D eigenvalue weighted by molar-refractivity contribution is -0.141. The van der Waals surface area contributed by atoms with Gasteiger partial charge in [-0.1, -0.05) is 30.3 Å². The molecule has 1 aliphatic rings. The number of benzene rings is 2. The molecule has 0 bridgehead atoms. The second kappa shape index (κ2) is 7.00. The van der Waals surface area contributed by atoms with Gasteiger partial charge in [-0.3, -0.25) is 9.59 Å². The molecule has 0 saturated carbocycles. The number of nitrogens with zero attached hydrogens (tertiary/aromatic N) is 2. The number of aromatic amines is 1. The first-order chi connectivity index (χ1) is 12.7. The number of aromatic nitrogens is 2. The summed E-state index contributed by atoms with van der Waals surface area (Å²) in [6.45, 7) is 0.603. The molecule has 6 heteroatoms. The number of hydrogen-bond donors (Lipinski definition) is 2. The predicted octanol–water partition coefficient (Wildman–Crippen LogP) is 3.26. The number of anilines is 1. The number of piperidine rings is 1. The summed E-state index contributed by atoms with van der Waals surface area (Å²) in [5, 5.41) is 2.96. The molecule has 2 amide bonds. The maximum absolute atomic E-state index is 13.1. The zero-order valence-corrected chi connectivity index (χ0v) is 14.3. The number of imidazole rings is 1. The van der Waals surface area contributed by atoms with E-state index in [4.69, 9.17) is 0 Å². The lowest BCUT2D eigenvalue weighted by atomic mass is 10.0. The van der Waals surface area contributed by atoms with E-state index in [1.165, 1.54) is 0 Å². The lowest BCUT2D eigenvalue weighted by Crippen LogP contribution is -2.43. The van der Waals surface area contributed by atoms with Crippen LogP contribution in [0, 0.1) is 0 Å². The summed E-state index contributed by atoms with van der Waals surface area (Å²) in [6, 6.07) is 14.4. The van der Waals surface area contributed by atoms with Crippen molar-refractivity contribution in [3.8, 4) is 0 Å². The molecule has 2 aromatic carbocycles. The zero-order valence-electron chi connectivity index (χ0n) is 14.3. The van der Waals surface area contributed by atoms with Crippen molar-refractivity contribution >= 4 is 28.5 Å². The molecule has 1 fully saturated rings. The minimum Gasteiger partial charge on any atom is -0.345 e. The van der Waals surface area contributed by atoms with Crippen molar-refractivity contribution in [1.82, 2.24) is 14.9 Å². The van der Waals surface area contributed by atoms with Gasteiger partial charge in [0.15, 0.2) is 0 Å². The van der Waals surface area contributed by atoms with E-state index >= 15 is 0 Å². The summed E-state index contributed by atoms with van der Waals surface area (Å²) in [5.74, 6) is -0.172. The Kier molecular flexibility index (Phi) is 4.39. The Balaban J connectivity index is 1.63. The minimum atomic E-state index is -0.624. The van der Waals surface area contributed by atoms with Crippen molar-refractivity contribution in [3.05, 3.63) is 60.4 Å². The van der Waals surface area contributed by atoms with Crippen molar-refractivity contribution < 1.29 is 9.59 Å². The molecule has 3 aromatic rings. The fourth-order valence-electron chi connectivity index (χ4n) is 3.43. The van der Waals surface area contributed by atoms with E-state index in [1.54, 1.807) is 11.2 Å². The first kappa shape index (κ1) is 16.3. The van der Waals surface area contributed by atoms with E-state index in [0.717, 1.165) is 29.4 Å². The molecular weight excluding hydrogens is 328 g/mol. The maximum Gasteiger partial charge on any atom is 0.251 e. The molecule has 26 heavy (non-hydrogen) atoms. The van der Waals surface area contributed by atoms with E-state index in [0.29, 0.717) is 18.7 Å². The van der Waals surface area contributed by atoms with Gasteiger partial charge < -0.3 is 15.2 Å². The molecule has 2 N–H and O–H groups in total. The van der Waals surface area contributed by atoms with Crippen LogP contribution in [-0.4, -0.2) is 33.2 Å². The summed E-state index contributed by atoms with van der Waals surface area (Å²) in [6.07, 6.45) is 3.92. The first-order valence-electron chi connectivity index (χ1n) is 8.81. The molecule has 0 aliphatic carbocycles. The van der Waals surface area contributed by atoms with Gasteiger partial charge in [0.05, 0.1) is 17.4 Å². The second-order valence-electron chi connectivity index (χ2n) is 6.48. The average molecular weight is 348 g/mol. The van der Waals surface area contributed by atoms with Crippen LogP contribution in [0.2, 0.25) is 0 Å². The summed E-state index contributed by atoms with van der Waals surface area (Å²) < 4.78 is 0. The summed E-state index contributed by atoms with van der Waals surface area (Å²) in [5.41, 5.74) is 3.20. The third kappa shape index (κ3) is 3.18. The normalized spacial score (nSPS) is 15.8. The molecule has 1 aliphatic heterocycles. The van der Waals surface area contributed by atoms with E-state index in [2.05, 4.69) is 15.3 Å². The highest BCUT2D eigenvalue weighted by molar-refractivity contribution is 5.99.